The van der Waals surface area contributed by atoms with Gasteiger partial charge in [0.05, 0.1) is 16.9 Å². The Morgan fingerprint density at radius 3 is 2.63 bits per heavy atom. The lowest BCUT2D eigenvalue weighted by Crippen LogP contribution is -2.14. The molecule has 2 aromatic rings. The summed E-state index contributed by atoms with van der Waals surface area (Å²) in [6.07, 6.45) is 3.24. The van der Waals surface area contributed by atoms with Gasteiger partial charge < -0.3 is 11.1 Å². The monoisotopic (exact) mass is 319 g/mol. The largest absolute Gasteiger partial charge is 0.397 e. The molecule has 98 valence electrons. The van der Waals surface area contributed by atoms with Crippen LogP contribution in [0.3, 0.4) is 0 Å². The van der Waals surface area contributed by atoms with Crippen molar-refractivity contribution in [1.29, 1.82) is 0 Å². The second-order valence-corrected chi connectivity index (χ2v) is 5.31. The minimum Gasteiger partial charge on any atom is -0.397 e. The van der Waals surface area contributed by atoms with E-state index >= 15 is 0 Å². The molecule has 1 aromatic carbocycles. The lowest BCUT2D eigenvalue weighted by Gasteiger charge is -2.12. The van der Waals surface area contributed by atoms with Gasteiger partial charge in [-0.05, 0) is 43.2 Å². The van der Waals surface area contributed by atoms with Gasteiger partial charge in [-0.25, -0.2) is 0 Å². The van der Waals surface area contributed by atoms with Gasteiger partial charge in [0.15, 0.2) is 0 Å². The maximum absolute atomic E-state index is 12.1. The minimum absolute atomic E-state index is 0.215. The molecule has 0 radical (unpaired) electrons. The number of rotatable bonds is 2. The maximum atomic E-state index is 12.1. The lowest BCUT2D eigenvalue weighted by atomic mass is 10.1. The maximum Gasteiger partial charge on any atom is 0.257 e. The second-order valence-electron chi connectivity index (χ2n) is 4.39. The van der Waals surface area contributed by atoms with E-state index in [0.717, 1.165) is 15.6 Å². The number of anilines is 2. The van der Waals surface area contributed by atoms with Gasteiger partial charge in [0, 0.05) is 16.9 Å². The van der Waals surface area contributed by atoms with E-state index in [4.69, 9.17) is 5.73 Å². The number of nitrogens with two attached hydrogens (primary N) is 1. The molecule has 1 amide bonds. The Bertz CT molecular complexity index is 617. The summed E-state index contributed by atoms with van der Waals surface area (Å²) < 4.78 is 0.887. The summed E-state index contributed by atoms with van der Waals surface area (Å²) in [5, 5.41) is 2.82. The van der Waals surface area contributed by atoms with Crippen LogP contribution < -0.4 is 11.1 Å². The Kier molecular flexibility index (Phi) is 3.85. The van der Waals surface area contributed by atoms with Gasteiger partial charge in [-0.2, -0.15) is 0 Å². The summed E-state index contributed by atoms with van der Waals surface area (Å²) in [4.78, 5) is 16.1. The SMILES string of the molecule is Cc1cncc(C(=O)Nc2c(C)cc(Br)cc2N)c1. The van der Waals surface area contributed by atoms with Gasteiger partial charge in [-0.1, -0.05) is 15.9 Å². The molecule has 0 atom stereocenters. The third kappa shape index (κ3) is 3.12. The van der Waals surface area contributed by atoms with E-state index in [2.05, 4.69) is 26.2 Å². The number of nitrogens with one attached hydrogen (secondary N) is 1. The molecule has 0 unspecified atom stereocenters. The van der Waals surface area contributed by atoms with E-state index in [1.165, 1.54) is 6.20 Å². The van der Waals surface area contributed by atoms with E-state index in [0.29, 0.717) is 16.9 Å². The van der Waals surface area contributed by atoms with Gasteiger partial charge in [0.25, 0.3) is 5.91 Å². The highest BCUT2D eigenvalue weighted by atomic mass is 79.9. The van der Waals surface area contributed by atoms with Gasteiger partial charge >= 0.3 is 0 Å². The molecule has 0 fully saturated rings. The first kappa shape index (κ1) is 13.5. The number of nitrogen functional groups attached to an aromatic ring is 1. The molecule has 0 bridgehead atoms. The summed E-state index contributed by atoms with van der Waals surface area (Å²) in [6.45, 7) is 3.79. The smallest absolute Gasteiger partial charge is 0.257 e. The van der Waals surface area contributed by atoms with Crippen LogP contribution in [0.5, 0.6) is 0 Å². The van der Waals surface area contributed by atoms with Gasteiger partial charge in [0.2, 0.25) is 0 Å². The molecular formula is C14H14BrN3O. The van der Waals surface area contributed by atoms with Crippen LogP contribution >= 0.6 is 15.9 Å². The first-order chi connectivity index (χ1) is 8.97. The number of carbonyl (C=O) groups is 1. The van der Waals surface area contributed by atoms with Crippen LogP contribution in [0.15, 0.2) is 35.1 Å². The number of nitrogens with zero attached hydrogens (tertiary/aromatic N) is 1. The fourth-order valence-electron chi connectivity index (χ4n) is 1.80. The average molecular weight is 320 g/mol. The van der Waals surface area contributed by atoms with Gasteiger partial charge in [-0.3, -0.25) is 9.78 Å². The highest BCUT2D eigenvalue weighted by Crippen LogP contribution is 2.28. The van der Waals surface area contributed by atoms with Crippen molar-refractivity contribution in [2.45, 2.75) is 13.8 Å². The standard InChI is InChI=1S/C14H14BrN3O/c1-8-3-10(7-17-6-8)14(19)18-13-9(2)4-11(15)5-12(13)16/h3-7H,16H2,1-2H3,(H,18,19). The Hall–Kier alpha value is -1.88. The van der Waals surface area contributed by atoms with E-state index in [1.54, 1.807) is 18.3 Å². The molecule has 3 N–H and O–H groups in total. The summed E-state index contributed by atoms with van der Waals surface area (Å²) in [7, 11) is 0. The molecule has 4 nitrogen and oxygen atoms in total. The van der Waals surface area contributed by atoms with Crippen LogP contribution in [-0.4, -0.2) is 10.9 Å². The zero-order valence-electron chi connectivity index (χ0n) is 10.7. The number of hydrogen-bond donors (Lipinski definition) is 2. The van der Waals surface area contributed by atoms with E-state index in [1.807, 2.05) is 19.9 Å². The molecule has 1 heterocycles. The van der Waals surface area contributed by atoms with E-state index < -0.39 is 0 Å². The van der Waals surface area contributed by atoms with Crippen LogP contribution in [0.1, 0.15) is 21.5 Å². The van der Waals surface area contributed by atoms with Crippen molar-refractivity contribution in [3.8, 4) is 0 Å². The fraction of sp³-hybridized carbons (Fsp3) is 0.143. The van der Waals surface area contributed by atoms with Crippen molar-refractivity contribution in [1.82, 2.24) is 4.98 Å². The van der Waals surface area contributed by atoms with Crippen molar-refractivity contribution in [2.24, 2.45) is 0 Å². The molecule has 0 aliphatic rings. The van der Waals surface area contributed by atoms with E-state index in [-0.39, 0.29) is 5.91 Å². The lowest BCUT2D eigenvalue weighted by molar-refractivity contribution is 0.102. The Labute approximate surface area is 120 Å². The molecule has 2 rings (SSSR count). The quantitative estimate of drug-likeness (QED) is 0.834. The molecule has 0 saturated carbocycles. The van der Waals surface area contributed by atoms with Crippen LogP contribution in [0.25, 0.3) is 0 Å². The number of pyridine rings is 1. The highest BCUT2D eigenvalue weighted by Gasteiger charge is 2.11. The molecule has 0 saturated heterocycles. The van der Waals surface area contributed by atoms with Crippen LogP contribution in [-0.2, 0) is 0 Å². The second kappa shape index (κ2) is 5.40. The highest BCUT2D eigenvalue weighted by molar-refractivity contribution is 9.10. The summed E-state index contributed by atoms with van der Waals surface area (Å²) >= 11 is 3.37. The number of hydrogen-bond acceptors (Lipinski definition) is 3. The van der Waals surface area contributed by atoms with Crippen LogP contribution in [0.2, 0.25) is 0 Å². The topological polar surface area (TPSA) is 68.0 Å². The van der Waals surface area contributed by atoms with Crippen molar-refractivity contribution in [2.75, 3.05) is 11.1 Å². The molecule has 1 aromatic heterocycles. The van der Waals surface area contributed by atoms with Gasteiger partial charge in [-0.15, -0.1) is 0 Å². The zero-order chi connectivity index (χ0) is 14.0. The Morgan fingerprint density at radius 1 is 1.26 bits per heavy atom. The molecule has 0 spiro atoms. The van der Waals surface area contributed by atoms with Crippen molar-refractivity contribution >= 4 is 33.2 Å². The van der Waals surface area contributed by atoms with Crippen molar-refractivity contribution in [3.05, 3.63) is 51.8 Å². The first-order valence-electron chi connectivity index (χ1n) is 5.76. The van der Waals surface area contributed by atoms with Crippen LogP contribution in [0.4, 0.5) is 11.4 Å². The number of aryl methyl sites for hydroxylation is 2. The molecule has 0 aliphatic carbocycles. The summed E-state index contributed by atoms with van der Waals surface area (Å²) in [6, 6.07) is 5.45. The first-order valence-corrected chi connectivity index (χ1v) is 6.55. The minimum atomic E-state index is -0.215. The van der Waals surface area contributed by atoms with Crippen molar-refractivity contribution in [3.63, 3.8) is 0 Å². The summed E-state index contributed by atoms with van der Waals surface area (Å²) in [5.41, 5.74) is 9.44. The summed E-state index contributed by atoms with van der Waals surface area (Å²) in [5.74, 6) is -0.215. The predicted octanol–water partition coefficient (Wildman–Crippen LogP) is 3.30. The molecule has 19 heavy (non-hydrogen) atoms. The number of halogens is 1. The third-order valence-electron chi connectivity index (χ3n) is 2.71. The number of carbonyl (C=O) groups excluding carboxylic acids is 1. The Morgan fingerprint density at radius 2 is 2.00 bits per heavy atom. The Balaban J connectivity index is 2.29. The predicted molar refractivity (Wildman–Crippen MR) is 80.2 cm³/mol. The van der Waals surface area contributed by atoms with E-state index in [9.17, 15) is 4.79 Å². The average Bonchev–Trinajstić information content (AvgIpc) is 2.33. The van der Waals surface area contributed by atoms with Crippen LogP contribution in [0, 0.1) is 13.8 Å². The normalized spacial score (nSPS) is 10.3. The fourth-order valence-corrected chi connectivity index (χ4v) is 2.39. The number of amides is 1. The number of aromatic nitrogens is 1. The zero-order valence-corrected chi connectivity index (χ0v) is 12.3. The number of benzene rings is 1. The molecule has 0 aliphatic heterocycles. The third-order valence-corrected chi connectivity index (χ3v) is 3.16. The molecule has 5 heteroatoms. The van der Waals surface area contributed by atoms with Gasteiger partial charge in [0.1, 0.15) is 0 Å². The molecular weight excluding hydrogens is 306 g/mol. The van der Waals surface area contributed by atoms with Crippen molar-refractivity contribution < 1.29 is 4.79 Å².